The highest BCUT2D eigenvalue weighted by molar-refractivity contribution is 5.98. The van der Waals surface area contributed by atoms with E-state index in [2.05, 4.69) is 17.6 Å². The molecule has 3 amide bonds. The average molecular weight is 496 g/mol. The van der Waals surface area contributed by atoms with Crippen molar-refractivity contribution in [2.24, 2.45) is 0 Å². The lowest BCUT2D eigenvalue weighted by atomic mass is 9.93. The number of hydrogen-bond donors (Lipinski definition) is 2. The topological polar surface area (TPSA) is 97.0 Å². The predicted octanol–water partition coefficient (Wildman–Crippen LogP) is 4.40. The summed E-state index contributed by atoms with van der Waals surface area (Å²) in [4.78, 5) is 40.1. The molecule has 0 spiro atoms. The largest absolute Gasteiger partial charge is 0.497 e. The molecule has 0 heterocycles. The maximum Gasteiger partial charge on any atom is 0.254 e. The molecule has 0 bridgehead atoms. The Bertz CT molecular complexity index is 985. The lowest BCUT2D eigenvalue weighted by Crippen LogP contribution is -2.48. The molecule has 8 nitrogen and oxygen atoms in total. The van der Waals surface area contributed by atoms with E-state index >= 15 is 0 Å². The Balaban J connectivity index is 1.58. The summed E-state index contributed by atoms with van der Waals surface area (Å²) >= 11 is 0. The fourth-order valence-corrected chi connectivity index (χ4v) is 4.22. The van der Waals surface area contributed by atoms with Crippen LogP contribution < -0.4 is 20.1 Å². The summed E-state index contributed by atoms with van der Waals surface area (Å²) in [7, 11) is 1.57. The fraction of sp³-hybridized carbons (Fsp3) is 0.464. The first-order chi connectivity index (χ1) is 17.5. The molecule has 8 heteroatoms. The van der Waals surface area contributed by atoms with Crippen LogP contribution in [-0.4, -0.2) is 55.5 Å². The second-order valence-electron chi connectivity index (χ2n) is 9.00. The summed E-state index contributed by atoms with van der Waals surface area (Å²) < 4.78 is 10.8. The van der Waals surface area contributed by atoms with Gasteiger partial charge in [0.25, 0.3) is 5.91 Å². The van der Waals surface area contributed by atoms with Gasteiger partial charge in [0.05, 0.1) is 20.3 Å². The van der Waals surface area contributed by atoms with E-state index in [4.69, 9.17) is 9.47 Å². The Morgan fingerprint density at radius 1 is 0.917 bits per heavy atom. The van der Waals surface area contributed by atoms with Crippen LogP contribution in [0.5, 0.6) is 11.5 Å². The Labute approximate surface area is 213 Å². The first-order valence-corrected chi connectivity index (χ1v) is 12.7. The number of benzene rings is 2. The van der Waals surface area contributed by atoms with Crippen molar-refractivity contribution in [1.29, 1.82) is 0 Å². The van der Waals surface area contributed by atoms with Gasteiger partial charge in [0.15, 0.2) is 0 Å². The van der Waals surface area contributed by atoms with E-state index in [9.17, 15) is 14.4 Å². The van der Waals surface area contributed by atoms with Crippen molar-refractivity contribution < 1.29 is 23.9 Å². The van der Waals surface area contributed by atoms with Gasteiger partial charge in [-0.3, -0.25) is 14.4 Å². The number of anilines is 1. The van der Waals surface area contributed by atoms with Gasteiger partial charge >= 0.3 is 0 Å². The van der Waals surface area contributed by atoms with Crippen molar-refractivity contribution in [3.63, 3.8) is 0 Å². The minimum absolute atomic E-state index is 0.00519. The predicted molar refractivity (Wildman–Crippen MR) is 139 cm³/mol. The Hall–Kier alpha value is -3.55. The van der Waals surface area contributed by atoms with Crippen molar-refractivity contribution in [1.82, 2.24) is 10.2 Å². The zero-order valence-electron chi connectivity index (χ0n) is 21.3. The molecule has 1 aliphatic rings. The normalized spacial score (nSPS) is 13.5. The second-order valence-corrected chi connectivity index (χ2v) is 9.00. The molecule has 2 aromatic carbocycles. The third-order valence-electron chi connectivity index (χ3n) is 6.28. The molecule has 1 aliphatic carbocycles. The van der Waals surface area contributed by atoms with Gasteiger partial charge in [-0.05, 0) is 67.8 Å². The highest BCUT2D eigenvalue weighted by Gasteiger charge is 2.28. The SMILES string of the molecule is CCCCOc1ccc(C(=O)N(CC(=O)NCC(=O)Nc2ccc(OC)cc2)C2CCCCC2)cc1. The molecule has 2 aromatic rings. The first-order valence-electron chi connectivity index (χ1n) is 12.7. The van der Waals surface area contributed by atoms with E-state index in [0.717, 1.165) is 50.7 Å². The van der Waals surface area contributed by atoms with Crippen LogP contribution in [0.25, 0.3) is 0 Å². The van der Waals surface area contributed by atoms with E-state index in [-0.39, 0.29) is 36.9 Å². The van der Waals surface area contributed by atoms with Crippen molar-refractivity contribution in [2.75, 3.05) is 32.1 Å². The van der Waals surface area contributed by atoms with Gasteiger partial charge in [-0.15, -0.1) is 0 Å². The minimum atomic E-state index is -0.363. The molecule has 0 atom stereocenters. The summed E-state index contributed by atoms with van der Waals surface area (Å²) in [6, 6.07) is 14.0. The minimum Gasteiger partial charge on any atom is -0.497 e. The van der Waals surface area contributed by atoms with Crippen LogP contribution in [0.2, 0.25) is 0 Å². The number of nitrogens with one attached hydrogen (secondary N) is 2. The number of hydrogen-bond acceptors (Lipinski definition) is 5. The third kappa shape index (κ3) is 8.29. The van der Waals surface area contributed by atoms with Crippen LogP contribution in [0, 0.1) is 0 Å². The Kier molecular flexibility index (Phi) is 10.6. The van der Waals surface area contributed by atoms with Crippen molar-refractivity contribution in [3.05, 3.63) is 54.1 Å². The highest BCUT2D eigenvalue weighted by Crippen LogP contribution is 2.24. The summed E-state index contributed by atoms with van der Waals surface area (Å²) in [5.41, 5.74) is 1.13. The quantitative estimate of drug-likeness (QED) is 0.426. The summed E-state index contributed by atoms with van der Waals surface area (Å²) in [6.45, 7) is 2.48. The number of carbonyl (C=O) groups is 3. The molecule has 0 radical (unpaired) electrons. The Morgan fingerprint density at radius 2 is 1.58 bits per heavy atom. The number of unbranched alkanes of at least 4 members (excludes halogenated alkanes) is 1. The van der Waals surface area contributed by atoms with Crippen LogP contribution in [0.4, 0.5) is 5.69 Å². The molecule has 1 fully saturated rings. The van der Waals surface area contributed by atoms with Crippen LogP contribution in [0.1, 0.15) is 62.2 Å². The van der Waals surface area contributed by atoms with Gasteiger partial charge < -0.3 is 25.0 Å². The highest BCUT2D eigenvalue weighted by atomic mass is 16.5. The van der Waals surface area contributed by atoms with Crippen LogP contribution in [-0.2, 0) is 9.59 Å². The van der Waals surface area contributed by atoms with Crippen molar-refractivity contribution in [2.45, 2.75) is 57.9 Å². The molecule has 36 heavy (non-hydrogen) atoms. The number of ether oxygens (including phenoxy) is 2. The molecule has 194 valence electrons. The lowest BCUT2D eigenvalue weighted by molar-refractivity contribution is -0.125. The van der Waals surface area contributed by atoms with Gasteiger partial charge in [0.1, 0.15) is 18.0 Å². The van der Waals surface area contributed by atoms with E-state index in [1.54, 1.807) is 60.5 Å². The number of rotatable bonds is 12. The average Bonchev–Trinajstić information content (AvgIpc) is 2.91. The molecule has 2 N–H and O–H groups in total. The summed E-state index contributed by atoms with van der Waals surface area (Å²) in [5, 5.41) is 5.39. The molecular weight excluding hydrogens is 458 g/mol. The molecular formula is C28H37N3O5. The third-order valence-corrected chi connectivity index (χ3v) is 6.28. The number of methoxy groups -OCH3 is 1. The van der Waals surface area contributed by atoms with Gasteiger partial charge in [-0.25, -0.2) is 0 Å². The van der Waals surface area contributed by atoms with E-state index in [1.165, 1.54) is 0 Å². The van der Waals surface area contributed by atoms with Gasteiger partial charge in [-0.1, -0.05) is 32.6 Å². The fourth-order valence-electron chi connectivity index (χ4n) is 4.22. The maximum atomic E-state index is 13.4. The van der Waals surface area contributed by atoms with Crippen molar-refractivity contribution >= 4 is 23.4 Å². The van der Waals surface area contributed by atoms with E-state index in [0.29, 0.717) is 23.6 Å². The monoisotopic (exact) mass is 495 g/mol. The van der Waals surface area contributed by atoms with E-state index in [1.807, 2.05) is 0 Å². The summed E-state index contributed by atoms with van der Waals surface area (Å²) in [6.07, 6.45) is 6.97. The molecule has 1 saturated carbocycles. The molecule has 0 aromatic heterocycles. The van der Waals surface area contributed by atoms with E-state index < -0.39 is 0 Å². The van der Waals surface area contributed by atoms with Gasteiger partial charge in [0, 0.05) is 17.3 Å². The zero-order chi connectivity index (χ0) is 25.8. The molecule has 0 unspecified atom stereocenters. The second kappa shape index (κ2) is 14.1. The molecule has 3 rings (SSSR count). The molecule has 0 saturated heterocycles. The first kappa shape index (κ1) is 27.0. The van der Waals surface area contributed by atoms with Crippen LogP contribution in [0.15, 0.2) is 48.5 Å². The maximum absolute atomic E-state index is 13.4. The standard InChI is InChI=1S/C28H37N3O5/c1-3-4-18-36-25-14-10-21(11-15-25)28(34)31(23-8-6-5-7-9-23)20-27(33)29-19-26(32)30-22-12-16-24(35-2)17-13-22/h10-17,23H,3-9,18-20H2,1-2H3,(H,29,33)(H,30,32). The smallest absolute Gasteiger partial charge is 0.254 e. The van der Waals surface area contributed by atoms with Crippen molar-refractivity contribution in [3.8, 4) is 11.5 Å². The Morgan fingerprint density at radius 3 is 2.22 bits per heavy atom. The van der Waals surface area contributed by atoms with Gasteiger partial charge in [-0.2, -0.15) is 0 Å². The number of nitrogens with zero attached hydrogens (tertiary/aromatic N) is 1. The van der Waals surface area contributed by atoms with Gasteiger partial charge in [0.2, 0.25) is 11.8 Å². The summed E-state index contributed by atoms with van der Waals surface area (Å²) in [5.74, 6) is 0.526. The van der Waals surface area contributed by atoms with Crippen LogP contribution in [0.3, 0.4) is 0 Å². The zero-order valence-corrected chi connectivity index (χ0v) is 21.3. The lowest BCUT2D eigenvalue weighted by Gasteiger charge is -2.34. The van der Waals surface area contributed by atoms with Crippen LogP contribution >= 0.6 is 0 Å². The number of carbonyl (C=O) groups excluding carboxylic acids is 3. The number of amides is 3. The molecule has 0 aliphatic heterocycles.